The summed E-state index contributed by atoms with van der Waals surface area (Å²) in [6.45, 7) is 0. The van der Waals surface area contributed by atoms with E-state index in [4.69, 9.17) is 0 Å². The van der Waals surface area contributed by atoms with E-state index in [1.54, 1.807) is 0 Å². The normalized spacial score (nSPS) is 10.3. The molecule has 0 spiro atoms. The Morgan fingerprint density at radius 3 is 2.11 bits per heavy atom. The minimum absolute atomic E-state index is 0.568. The van der Waals surface area contributed by atoms with E-state index in [9.17, 15) is 30.3 Å². The molecule has 0 aromatic carbocycles. The number of aromatic nitrogens is 5. The molecule has 2 aromatic rings. The van der Waals surface area contributed by atoms with Crippen molar-refractivity contribution >= 4 is 17.6 Å². The fourth-order valence-electron chi connectivity index (χ4n) is 1.25. The summed E-state index contributed by atoms with van der Waals surface area (Å²) in [5.41, 5.74) is -1.21. The molecule has 2 aromatic heterocycles. The van der Waals surface area contributed by atoms with E-state index >= 15 is 0 Å². The lowest BCUT2D eigenvalue weighted by Crippen LogP contribution is -1.95. The van der Waals surface area contributed by atoms with Gasteiger partial charge in [0.15, 0.2) is 0 Å². The monoisotopic (exact) mass is 270 g/mol. The van der Waals surface area contributed by atoms with E-state index in [0.717, 1.165) is 0 Å². The third-order valence-electron chi connectivity index (χ3n) is 1.95. The Morgan fingerprint density at radius 2 is 1.58 bits per heavy atom. The van der Waals surface area contributed by atoms with Crippen LogP contribution in [0.3, 0.4) is 0 Å². The number of nitro groups is 3. The molecule has 19 heavy (non-hydrogen) atoms. The molecule has 98 valence electrons. The number of nitrogens with one attached hydrogen (secondary N) is 2. The van der Waals surface area contributed by atoms with Crippen molar-refractivity contribution in [1.82, 2.24) is 25.4 Å². The standard InChI is InChI=1S/C5H2N8O6/c14-11(15)3-1(6-5(7-3)13(18)19)2-4(12(16)17)9-10-8-2/h(H,6,7)(H,8,9,10). The molecule has 2 N–H and O–H groups in total. The van der Waals surface area contributed by atoms with Crippen LogP contribution in [0.2, 0.25) is 0 Å². The largest absolute Gasteiger partial charge is 0.465 e. The Labute approximate surface area is 100 Å². The summed E-state index contributed by atoms with van der Waals surface area (Å²) >= 11 is 0. The zero-order chi connectivity index (χ0) is 14.2. The van der Waals surface area contributed by atoms with Gasteiger partial charge in [-0.15, -0.1) is 10.3 Å². The minimum atomic E-state index is -1.01. The molecule has 0 atom stereocenters. The Hall–Kier alpha value is -3.45. The van der Waals surface area contributed by atoms with E-state index < -0.39 is 43.7 Å². The Morgan fingerprint density at radius 1 is 0.895 bits per heavy atom. The molecule has 0 radical (unpaired) electrons. The van der Waals surface area contributed by atoms with Crippen LogP contribution in [0.15, 0.2) is 0 Å². The van der Waals surface area contributed by atoms with Crippen LogP contribution in [0, 0.1) is 30.3 Å². The van der Waals surface area contributed by atoms with E-state index in [1.165, 1.54) is 0 Å². The van der Waals surface area contributed by atoms with Crippen molar-refractivity contribution in [2.75, 3.05) is 0 Å². The van der Waals surface area contributed by atoms with Gasteiger partial charge in [0.2, 0.25) is 5.69 Å². The maximum atomic E-state index is 10.7. The molecule has 0 amide bonds. The van der Waals surface area contributed by atoms with Gasteiger partial charge in [-0.25, -0.2) is 0 Å². The van der Waals surface area contributed by atoms with E-state index in [0.29, 0.717) is 0 Å². The van der Waals surface area contributed by atoms with Gasteiger partial charge in [0.05, 0.1) is 5.10 Å². The fraction of sp³-hybridized carbons (Fsp3) is 0. The maximum absolute atomic E-state index is 10.7. The molecule has 0 aliphatic carbocycles. The highest BCUT2D eigenvalue weighted by Gasteiger charge is 2.36. The van der Waals surface area contributed by atoms with Crippen molar-refractivity contribution in [2.24, 2.45) is 0 Å². The van der Waals surface area contributed by atoms with Gasteiger partial charge < -0.3 is 30.3 Å². The lowest BCUT2D eigenvalue weighted by atomic mass is 10.3. The summed E-state index contributed by atoms with van der Waals surface area (Å²) in [7, 11) is 0. The molecule has 0 bridgehead atoms. The SMILES string of the molecule is O=[N+]([O-])c1nc(-c2n[nH]nc2[N+](=O)[O-])c([N+](=O)[O-])[nH]1. The predicted molar refractivity (Wildman–Crippen MR) is 53.9 cm³/mol. The molecular weight excluding hydrogens is 268 g/mol. The molecule has 0 aliphatic rings. The minimum Gasteiger partial charge on any atom is -0.389 e. The highest BCUT2D eigenvalue weighted by atomic mass is 16.6. The second kappa shape index (κ2) is 4.09. The summed E-state index contributed by atoms with van der Waals surface area (Å²) < 4.78 is 0. The second-order valence-electron chi connectivity index (χ2n) is 3.02. The molecular formula is C5H2N8O6. The third-order valence-corrected chi connectivity index (χ3v) is 1.95. The highest BCUT2D eigenvalue weighted by molar-refractivity contribution is 5.71. The van der Waals surface area contributed by atoms with Crippen LogP contribution in [-0.2, 0) is 0 Å². The Kier molecular flexibility index (Phi) is 2.59. The number of hydrogen-bond acceptors (Lipinski definition) is 9. The van der Waals surface area contributed by atoms with Crippen molar-refractivity contribution in [2.45, 2.75) is 0 Å². The average Bonchev–Trinajstić information content (AvgIpc) is 2.95. The maximum Gasteiger partial charge on any atom is 0.465 e. The van der Waals surface area contributed by atoms with Crippen LogP contribution >= 0.6 is 0 Å². The zero-order valence-electron chi connectivity index (χ0n) is 8.63. The predicted octanol–water partition coefficient (Wildman–Crippen LogP) is -0.0806. The quantitative estimate of drug-likeness (QED) is 0.562. The van der Waals surface area contributed by atoms with E-state index in [1.807, 2.05) is 10.2 Å². The number of imidazole rings is 1. The van der Waals surface area contributed by atoms with Gasteiger partial charge in [-0.3, -0.25) is 0 Å². The second-order valence-corrected chi connectivity index (χ2v) is 3.02. The Bertz CT molecular complexity index is 686. The van der Waals surface area contributed by atoms with E-state index in [-0.39, 0.29) is 0 Å². The van der Waals surface area contributed by atoms with Crippen LogP contribution in [0.25, 0.3) is 11.4 Å². The number of hydrogen-bond donors (Lipinski definition) is 2. The lowest BCUT2D eigenvalue weighted by molar-refractivity contribution is -0.402. The molecule has 2 rings (SSSR count). The van der Waals surface area contributed by atoms with Crippen molar-refractivity contribution in [3.05, 3.63) is 30.3 Å². The highest BCUT2D eigenvalue weighted by Crippen LogP contribution is 2.32. The first-order valence-corrected chi connectivity index (χ1v) is 4.36. The number of nitrogens with zero attached hydrogens (tertiary/aromatic N) is 6. The van der Waals surface area contributed by atoms with E-state index in [2.05, 4.69) is 15.2 Å². The van der Waals surface area contributed by atoms with Gasteiger partial charge in [-0.2, -0.15) is 4.98 Å². The van der Waals surface area contributed by atoms with Crippen LogP contribution in [0.1, 0.15) is 0 Å². The van der Waals surface area contributed by atoms with Gasteiger partial charge in [-0.05, 0) is 19.8 Å². The van der Waals surface area contributed by atoms with Crippen molar-refractivity contribution in [3.8, 4) is 11.4 Å². The van der Waals surface area contributed by atoms with Crippen LogP contribution in [-0.4, -0.2) is 40.1 Å². The molecule has 14 heteroatoms. The van der Waals surface area contributed by atoms with Crippen molar-refractivity contribution < 1.29 is 14.8 Å². The summed E-state index contributed by atoms with van der Waals surface area (Å²) in [6.07, 6.45) is 0. The average molecular weight is 270 g/mol. The van der Waals surface area contributed by atoms with Crippen LogP contribution in [0.4, 0.5) is 17.6 Å². The number of aromatic amines is 2. The Balaban J connectivity index is 2.67. The van der Waals surface area contributed by atoms with Gasteiger partial charge in [0, 0.05) is 0 Å². The first-order chi connectivity index (χ1) is 8.91. The molecule has 14 nitrogen and oxygen atoms in total. The smallest absolute Gasteiger partial charge is 0.389 e. The third kappa shape index (κ3) is 1.92. The van der Waals surface area contributed by atoms with Gasteiger partial charge in [-0.1, -0.05) is 0 Å². The van der Waals surface area contributed by atoms with Gasteiger partial charge >= 0.3 is 17.6 Å². The molecule has 0 saturated heterocycles. The lowest BCUT2D eigenvalue weighted by Gasteiger charge is -1.90. The first kappa shape index (κ1) is 12.0. The number of rotatable bonds is 4. The first-order valence-electron chi connectivity index (χ1n) is 4.36. The zero-order valence-corrected chi connectivity index (χ0v) is 8.63. The van der Waals surface area contributed by atoms with Gasteiger partial charge in [0.25, 0.3) is 5.69 Å². The van der Waals surface area contributed by atoms with Crippen molar-refractivity contribution in [3.63, 3.8) is 0 Å². The summed E-state index contributed by atoms with van der Waals surface area (Å²) in [5, 5.41) is 40.2. The van der Waals surface area contributed by atoms with Crippen LogP contribution in [0.5, 0.6) is 0 Å². The molecule has 0 fully saturated rings. The topological polar surface area (TPSA) is 200 Å². The molecule has 0 aliphatic heterocycles. The van der Waals surface area contributed by atoms with Gasteiger partial charge in [0.1, 0.15) is 0 Å². The summed E-state index contributed by atoms with van der Waals surface area (Å²) in [5.74, 6) is -2.65. The summed E-state index contributed by atoms with van der Waals surface area (Å²) in [6, 6.07) is 0. The van der Waals surface area contributed by atoms with Crippen LogP contribution < -0.4 is 0 Å². The molecule has 0 unspecified atom stereocenters. The van der Waals surface area contributed by atoms with Crippen molar-refractivity contribution in [1.29, 1.82) is 0 Å². The summed E-state index contributed by atoms with van der Waals surface area (Å²) in [4.78, 5) is 34.0. The fourth-order valence-corrected chi connectivity index (χ4v) is 1.25. The number of H-pyrrole nitrogens is 2. The molecule has 0 saturated carbocycles. The molecule has 2 heterocycles.